The second kappa shape index (κ2) is 7.76. The summed E-state index contributed by atoms with van der Waals surface area (Å²) in [6.07, 6.45) is -0.532. The van der Waals surface area contributed by atoms with Gasteiger partial charge in [-0.25, -0.2) is 0 Å². The van der Waals surface area contributed by atoms with E-state index in [1.54, 1.807) is 48.5 Å². The summed E-state index contributed by atoms with van der Waals surface area (Å²) >= 11 is 12.4. The van der Waals surface area contributed by atoms with Gasteiger partial charge in [0.2, 0.25) is 0 Å². The molecule has 4 rings (SSSR count). The van der Waals surface area contributed by atoms with Crippen molar-refractivity contribution in [2.24, 2.45) is 0 Å². The molecular weight excluding hydrogens is 425 g/mol. The third-order valence-corrected chi connectivity index (χ3v) is 5.80. The highest BCUT2D eigenvalue weighted by Gasteiger charge is 2.51. The van der Waals surface area contributed by atoms with E-state index in [1.807, 2.05) is 0 Å². The number of hydrogen-bond acceptors (Lipinski definition) is 4. The van der Waals surface area contributed by atoms with Gasteiger partial charge in [0.05, 0.1) is 24.2 Å². The van der Waals surface area contributed by atoms with E-state index in [9.17, 15) is 19.8 Å². The topological polar surface area (TPSA) is 77.8 Å². The molecule has 0 radical (unpaired) electrons. The Morgan fingerprint density at radius 3 is 2.43 bits per heavy atom. The van der Waals surface area contributed by atoms with Crippen molar-refractivity contribution in [3.05, 3.63) is 93.5 Å². The number of aliphatic hydroxyl groups is 1. The van der Waals surface area contributed by atoms with Gasteiger partial charge in [-0.3, -0.25) is 9.59 Å². The van der Waals surface area contributed by atoms with Gasteiger partial charge >= 0.3 is 0 Å². The van der Waals surface area contributed by atoms with Gasteiger partial charge in [0, 0.05) is 15.6 Å². The zero-order valence-electron chi connectivity index (χ0n) is 15.7. The van der Waals surface area contributed by atoms with Gasteiger partial charge in [-0.2, -0.15) is 0 Å². The molecule has 1 aliphatic heterocycles. The van der Waals surface area contributed by atoms with Crippen molar-refractivity contribution in [1.82, 2.24) is 0 Å². The molecule has 2 N–H and O–H groups in total. The second-order valence-corrected chi connectivity index (χ2v) is 7.97. The van der Waals surface area contributed by atoms with E-state index in [1.165, 1.54) is 23.1 Å². The Labute approximate surface area is 183 Å². The number of rotatable bonds is 5. The summed E-state index contributed by atoms with van der Waals surface area (Å²) < 4.78 is 0. The lowest BCUT2D eigenvalue weighted by Crippen LogP contribution is -2.41. The van der Waals surface area contributed by atoms with Crippen molar-refractivity contribution in [2.75, 3.05) is 4.90 Å². The molecular formula is C23H17Cl2NO4. The van der Waals surface area contributed by atoms with Crippen molar-refractivity contribution in [2.45, 2.75) is 18.6 Å². The van der Waals surface area contributed by atoms with Gasteiger partial charge in [0.15, 0.2) is 11.4 Å². The van der Waals surface area contributed by atoms with Gasteiger partial charge in [0.1, 0.15) is 5.75 Å². The van der Waals surface area contributed by atoms with Crippen LogP contribution in [-0.2, 0) is 16.9 Å². The Morgan fingerprint density at radius 1 is 1.00 bits per heavy atom. The fourth-order valence-electron chi connectivity index (χ4n) is 3.68. The number of hydrogen-bond donors (Lipinski definition) is 2. The van der Waals surface area contributed by atoms with Crippen LogP contribution in [0.5, 0.6) is 5.75 Å². The summed E-state index contributed by atoms with van der Waals surface area (Å²) in [6.45, 7) is 0.125. The predicted molar refractivity (Wildman–Crippen MR) is 115 cm³/mol. The third-order valence-electron chi connectivity index (χ3n) is 5.20. The maximum absolute atomic E-state index is 13.3. The largest absolute Gasteiger partial charge is 0.507 e. The van der Waals surface area contributed by atoms with E-state index in [0.29, 0.717) is 21.3 Å². The molecule has 3 aromatic carbocycles. The number of carbonyl (C=O) groups is 2. The number of amides is 1. The normalized spacial score (nSPS) is 17.8. The Hall–Kier alpha value is -2.86. The quantitative estimate of drug-likeness (QED) is 0.562. The van der Waals surface area contributed by atoms with E-state index in [4.69, 9.17) is 23.2 Å². The third kappa shape index (κ3) is 3.45. The number of phenolic OH excluding ortho intramolecular Hbond substituents is 1. The minimum Gasteiger partial charge on any atom is -0.507 e. The molecule has 0 spiro atoms. The van der Waals surface area contributed by atoms with Crippen molar-refractivity contribution < 1.29 is 19.8 Å². The fraction of sp³-hybridized carbons (Fsp3) is 0.130. The average molecular weight is 442 g/mol. The Kier molecular flexibility index (Phi) is 5.28. The molecule has 0 saturated heterocycles. The van der Waals surface area contributed by atoms with Crippen LogP contribution in [0.15, 0.2) is 66.7 Å². The number of Topliss-reactive ketones (excluding diaryl/α,β-unsaturated/α-hetero) is 1. The van der Waals surface area contributed by atoms with Crippen LogP contribution in [0.3, 0.4) is 0 Å². The summed E-state index contributed by atoms with van der Waals surface area (Å²) in [4.78, 5) is 27.6. The van der Waals surface area contributed by atoms with Crippen molar-refractivity contribution in [1.29, 1.82) is 0 Å². The Balaban J connectivity index is 1.74. The van der Waals surface area contributed by atoms with Gasteiger partial charge in [-0.05, 0) is 42.0 Å². The number of para-hydroxylation sites is 1. The lowest BCUT2D eigenvalue weighted by molar-refractivity contribution is -0.136. The number of halogens is 2. The first kappa shape index (κ1) is 20.4. The highest BCUT2D eigenvalue weighted by atomic mass is 35.5. The first-order valence-electron chi connectivity index (χ1n) is 9.20. The molecule has 0 fully saturated rings. The second-order valence-electron chi connectivity index (χ2n) is 7.12. The number of carbonyl (C=O) groups excluding carboxylic acids is 2. The smallest absolute Gasteiger partial charge is 0.264 e. The molecule has 30 heavy (non-hydrogen) atoms. The van der Waals surface area contributed by atoms with Gasteiger partial charge in [-0.1, -0.05) is 53.5 Å². The zero-order valence-corrected chi connectivity index (χ0v) is 17.2. The molecule has 3 aromatic rings. The van der Waals surface area contributed by atoms with Gasteiger partial charge in [-0.15, -0.1) is 0 Å². The minimum absolute atomic E-state index is 0.0341. The lowest BCUT2D eigenvalue weighted by Gasteiger charge is -2.23. The molecule has 0 aliphatic carbocycles. The highest BCUT2D eigenvalue weighted by molar-refractivity contribution is 6.31. The first-order valence-corrected chi connectivity index (χ1v) is 9.96. The van der Waals surface area contributed by atoms with E-state index < -0.39 is 23.7 Å². The van der Waals surface area contributed by atoms with Crippen LogP contribution in [0.1, 0.15) is 27.9 Å². The summed E-state index contributed by atoms with van der Waals surface area (Å²) in [5, 5.41) is 22.2. The minimum atomic E-state index is -2.11. The molecule has 152 valence electrons. The summed E-state index contributed by atoms with van der Waals surface area (Å²) in [5.41, 5.74) is -0.676. The van der Waals surface area contributed by atoms with Crippen LogP contribution < -0.4 is 4.90 Å². The van der Waals surface area contributed by atoms with Gasteiger partial charge in [0.25, 0.3) is 5.91 Å². The summed E-state index contributed by atoms with van der Waals surface area (Å²) in [5.74, 6) is -1.42. The zero-order chi connectivity index (χ0) is 21.5. The SMILES string of the molecule is O=C(CC1(O)C(=O)N(Cc2ccccc2Cl)c2ccc(Cl)cc21)c1ccccc1O. The van der Waals surface area contributed by atoms with Crippen molar-refractivity contribution >= 4 is 40.6 Å². The highest BCUT2D eigenvalue weighted by Crippen LogP contribution is 2.45. The van der Waals surface area contributed by atoms with Crippen LogP contribution in [0.4, 0.5) is 5.69 Å². The van der Waals surface area contributed by atoms with E-state index in [-0.39, 0.29) is 23.4 Å². The Bertz CT molecular complexity index is 1160. The molecule has 7 heteroatoms. The molecule has 1 heterocycles. The fourth-order valence-corrected chi connectivity index (χ4v) is 4.05. The number of fused-ring (bicyclic) bond motifs is 1. The maximum Gasteiger partial charge on any atom is 0.264 e. The molecule has 0 aromatic heterocycles. The van der Waals surface area contributed by atoms with Crippen LogP contribution in [-0.4, -0.2) is 21.9 Å². The first-order chi connectivity index (χ1) is 14.3. The number of aromatic hydroxyl groups is 1. The van der Waals surface area contributed by atoms with Crippen LogP contribution in [0.25, 0.3) is 0 Å². The molecule has 1 amide bonds. The average Bonchev–Trinajstić information content (AvgIpc) is 2.91. The lowest BCUT2D eigenvalue weighted by atomic mass is 9.88. The summed E-state index contributed by atoms with van der Waals surface area (Å²) in [6, 6.07) is 17.8. The number of phenols is 1. The van der Waals surface area contributed by atoms with Crippen LogP contribution in [0, 0.1) is 0 Å². The van der Waals surface area contributed by atoms with Crippen molar-refractivity contribution in [3.63, 3.8) is 0 Å². The van der Waals surface area contributed by atoms with E-state index in [0.717, 1.165) is 0 Å². The standard InChI is InChI=1S/C23H17Cl2NO4/c24-15-9-10-19-17(11-15)23(30,12-21(28)16-6-2-4-8-20(16)27)22(29)26(19)13-14-5-1-3-7-18(14)25/h1-11,27,30H,12-13H2. The van der Waals surface area contributed by atoms with Gasteiger partial charge < -0.3 is 15.1 Å². The molecule has 5 nitrogen and oxygen atoms in total. The van der Waals surface area contributed by atoms with Crippen LogP contribution in [0.2, 0.25) is 10.0 Å². The number of anilines is 1. The predicted octanol–water partition coefficient (Wildman–Crippen LogP) is 4.71. The summed E-state index contributed by atoms with van der Waals surface area (Å²) in [7, 11) is 0. The van der Waals surface area contributed by atoms with E-state index >= 15 is 0 Å². The molecule has 1 aliphatic rings. The van der Waals surface area contributed by atoms with E-state index in [2.05, 4.69) is 0 Å². The maximum atomic E-state index is 13.3. The van der Waals surface area contributed by atoms with Crippen LogP contribution >= 0.6 is 23.2 Å². The molecule has 1 unspecified atom stereocenters. The number of nitrogens with zero attached hydrogens (tertiary/aromatic N) is 1. The molecule has 0 saturated carbocycles. The molecule has 0 bridgehead atoms. The monoisotopic (exact) mass is 441 g/mol. The van der Waals surface area contributed by atoms with Crippen molar-refractivity contribution in [3.8, 4) is 5.75 Å². The molecule has 1 atom stereocenters. The number of ketones is 1. The Morgan fingerprint density at radius 2 is 1.70 bits per heavy atom. The number of benzene rings is 3.